The summed E-state index contributed by atoms with van der Waals surface area (Å²) in [6, 6.07) is 9.22. The number of benzene rings is 1. The van der Waals surface area contributed by atoms with Gasteiger partial charge in [-0.05, 0) is 12.1 Å². The average Bonchev–Trinajstić information content (AvgIpc) is 2.83. The molecule has 0 fully saturated rings. The van der Waals surface area contributed by atoms with Gasteiger partial charge in [-0.1, -0.05) is 18.2 Å². The Labute approximate surface area is 111 Å². The highest BCUT2D eigenvalue weighted by Crippen LogP contribution is 2.07. The van der Waals surface area contributed by atoms with Crippen molar-refractivity contribution >= 4 is 11.6 Å². The average molecular weight is 260 g/mol. The highest BCUT2D eigenvalue weighted by molar-refractivity contribution is 5.77. The van der Waals surface area contributed by atoms with Gasteiger partial charge in [-0.25, -0.2) is 0 Å². The van der Waals surface area contributed by atoms with Gasteiger partial charge in [0.25, 0.3) is 5.91 Å². The number of hydrogen-bond acceptors (Lipinski definition) is 4. The zero-order valence-electron chi connectivity index (χ0n) is 10.5. The number of nitrogens with one attached hydrogen (secondary N) is 1. The van der Waals surface area contributed by atoms with Crippen molar-refractivity contribution in [1.82, 2.24) is 15.1 Å². The number of hydrogen-bond donors (Lipinski definition) is 2. The van der Waals surface area contributed by atoms with Crippen LogP contribution in [0.4, 0.5) is 5.69 Å². The summed E-state index contributed by atoms with van der Waals surface area (Å²) >= 11 is 0. The predicted octanol–water partition coefficient (Wildman–Crippen LogP) is 0.661. The van der Waals surface area contributed by atoms with E-state index >= 15 is 0 Å². The van der Waals surface area contributed by atoms with E-state index in [1.165, 1.54) is 0 Å². The molecule has 0 spiro atoms. The lowest BCUT2D eigenvalue weighted by Crippen LogP contribution is -2.31. The molecule has 1 amide bonds. The highest BCUT2D eigenvalue weighted by Gasteiger charge is 2.02. The van der Waals surface area contributed by atoms with Gasteiger partial charge in [0.1, 0.15) is 5.75 Å². The minimum absolute atomic E-state index is 0.00522. The normalized spacial score (nSPS) is 10.1. The van der Waals surface area contributed by atoms with Crippen molar-refractivity contribution in [3.05, 3.63) is 42.7 Å². The first kappa shape index (κ1) is 12.9. The van der Waals surface area contributed by atoms with Crippen LogP contribution >= 0.6 is 0 Å². The van der Waals surface area contributed by atoms with Gasteiger partial charge in [-0.2, -0.15) is 5.10 Å². The molecule has 0 bridgehead atoms. The zero-order chi connectivity index (χ0) is 13.5. The SMILES string of the molecule is Nc1cnn(CCNC(=O)COc2ccccc2)c1. The Balaban J connectivity index is 1.65. The molecule has 1 aromatic heterocycles. The molecule has 6 nitrogen and oxygen atoms in total. The fourth-order valence-corrected chi connectivity index (χ4v) is 1.53. The molecule has 19 heavy (non-hydrogen) atoms. The summed E-state index contributed by atoms with van der Waals surface area (Å²) in [7, 11) is 0. The summed E-state index contributed by atoms with van der Waals surface area (Å²) in [4.78, 5) is 11.5. The quantitative estimate of drug-likeness (QED) is 0.799. The third-order valence-electron chi connectivity index (χ3n) is 2.43. The van der Waals surface area contributed by atoms with Crippen LogP contribution in [-0.2, 0) is 11.3 Å². The lowest BCUT2D eigenvalue weighted by atomic mass is 10.3. The van der Waals surface area contributed by atoms with Gasteiger partial charge >= 0.3 is 0 Å². The van der Waals surface area contributed by atoms with Crippen LogP contribution in [0, 0.1) is 0 Å². The van der Waals surface area contributed by atoms with Crippen LogP contribution in [0.3, 0.4) is 0 Å². The van der Waals surface area contributed by atoms with Gasteiger partial charge < -0.3 is 15.8 Å². The lowest BCUT2D eigenvalue weighted by molar-refractivity contribution is -0.123. The van der Waals surface area contributed by atoms with Gasteiger partial charge in [0.2, 0.25) is 0 Å². The summed E-state index contributed by atoms with van der Waals surface area (Å²) in [5.41, 5.74) is 6.14. The zero-order valence-corrected chi connectivity index (χ0v) is 10.5. The van der Waals surface area contributed by atoms with Crippen LogP contribution in [0.15, 0.2) is 42.7 Å². The summed E-state index contributed by atoms with van der Waals surface area (Å²) in [5, 5.41) is 6.76. The standard InChI is InChI=1S/C13H16N4O2/c14-11-8-16-17(9-11)7-6-15-13(18)10-19-12-4-2-1-3-5-12/h1-5,8-9H,6-7,10,14H2,(H,15,18). The third kappa shape index (κ3) is 4.34. The first-order chi connectivity index (χ1) is 9.24. The van der Waals surface area contributed by atoms with Crippen molar-refractivity contribution in [2.45, 2.75) is 6.54 Å². The third-order valence-corrected chi connectivity index (χ3v) is 2.43. The van der Waals surface area contributed by atoms with Crippen LogP contribution < -0.4 is 15.8 Å². The first-order valence-electron chi connectivity index (χ1n) is 5.96. The summed E-state index contributed by atoms with van der Waals surface area (Å²) < 4.78 is 6.99. The van der Waals surface area contributed by atoms with Crippen molar-refractivity contribution in [1.29, 1.82) is 0 Å². The lowest BCUT2D eigenvalue weighted by Gasteiger charge is -2.07. The van der Waals surface area contributed by atoms with Gasteiger partial charge in [-0.3, -0.25) is 9.48 Å². The number of carbonyl (C=O) groups is 1. The fraction of sp³-hybridized carbons (Fsp3) is 0.231. The molecule has 2 aromatic rings. The maximum Gasteiger partial charge on any atom is 0.258 e. The maximum atomic E-state index is 11.5. The van der Waals surface area contributed by atoms with Crippen LogP contribution in [0.5, 0.6) is 5.75 Å². The molecule has 0 saturated heterocycles. The number of anilines is 1. The number of nitrogens with two attached hydrogens (primary N) is 1. The Kier molecular flexibility index (Phi) is 4.39. The van der Waals surface area contributed by atoms with Gasteiger partial charge in [0, 0.05) is 12.7 Å². The second-order valence-electron chi connectivity index (χ2n) is 3.99. The number of carbonyl (C=O) groups excluding carboxylic acids is 1. The number of ether oxygens (including phenoxy) is 1. The molecule has 0 atom stereocenters. The molecule has 1 heterocycles. The molecule has 0 aliphatic heterocycles. The van der Waals surface area contributed by atoms with E-state index in [1.807, 2.05) is 18.2 Å². The first-order valence-corrected chi connectivity index (χ1v) is 5.96. The monoisotopic (exact) mass is 260 g/mol. The molecular weight excluding hydrogens is 244 g/mol. The largest absolute Gasteiger partial charge is 0.484 e. The van der Waals surface area contributed by atoms with Crippen LogP contribution in [0.1, 0.15) is 0 Å². The predicted molar refractivity (Wildman–Crippen MR) is 71.6 cm³/mol. The molecule has 0 unspecified atom stereocenters. The second kappa shape index (κ2) is 6.44. The maximum absolute atomic E-state index is 11.5. The van der Waals surface area contributed by atoms with E-state index in [9.17, 15) is 4.79 Å². The Bertz CT molecular complexity index is 524. The van der Waals surface area contributed by atoms with E-state index in [2.05, 4.69) is 10.4 Å². The van der Waals surface area contributed by atoms with Crippen LogP contribution in [0.25, 0.3) is 0 Å². The Hall–Kier alpha value is -2.50. The molecule has 2 rings (SSSR count). The van der Waals surface area contributed by atoms with E-state index in [0.717, 1.165) is 0 Å². The fourth-order valence-electron chi connectivity index (χ4n) is 1.53. The van der Waals surface area contributed by atoms with E-state index < -0.39 is 0 Å². The molecule has 0 saturated carbocycles. The summed E-state index contributed by atoms with van der Waals surface area (Å²) in [5.74, 6) is 0.515. The molecule has 0 aliphatic rings. The number of amides is 1. The van der Waals surface area contributed by atoms with Crippen LogP contribution in [-0.4, -0.2) is 28.8 Å². The van der Waals surface area contributed by atoms with E-state index in [1.54, 1.807) is 29.2 Å². The van der Waals surface area contributed by atoms with Gasteiger partial charge in [0.05, 0.1) is 18.4 Å². The smallest absolute Gasteiger partial charge is 0.258 e. The number of para-hydroxylation sites is 1. The van der Waals surface area contributed by atoms with Crippen molar-refractivity contribution in [3.63, 3.8) is 0 Å². The molecule has 1 aromatic carbocycles. The number of rotatable bonds is 6. The molecule has 100 valence electrons. The summed E-state index contributed by atoms with van der Waals surface area (Å²) in [6.07, 6.45) is 3.28. The molecule has 3 N–H and O–H groups in total. The van der Waals surface area contributed by atoms with Crippen molar-refractivity contribution in [3.8, 4) is 5.75 Å². The number of nitrogens with zero attached hydrogens (tertiary/aromatic N) is 2. The summed E-state index contributed by atoms with van der Waals surface area (Å²) in [6.45, 7) is 1.07. The van der Waals surface area contributed by atoms with Crippen molar-refractivity contribution in [2.24, 2.45) is 0 Å². The molecule has 0 radical (unpaired) electrons. The Morgan fingerprint density at radius 1 is 1.37 bits per heavy atom. The van der Waals surface area contributed by atoms with Crippen molar-refractivity contribution < 1.29 is 9.53 Å². The highest BCUT2D eigenvalue weighted by atomic mass is 16.5. The van der Waals surface area contributed by atoms with E-state index in [4.69, 9.17) is 10.5 Å². The van der Waals surface area contributed by atoms with Crippen molar-refractivity contribution in [2.75, 3.05) is 18.9 Å². The molecule has 0 aliphatic carbocycles. The number of nitrogen functional groups attached to an aromatic ring is 1. The molecular formula is C13H16N4O2. The number of aromatic nitrogens is 2. The minimum Gasteiger partial charge on any atom is -0.484 e. The van der Waals surface area contributed by atoms with Gasteiger partial charge in [-0.15, -0.1) is 0 Å². The Morgan fingerprint density at radius 3 is 2.84 bits per heavy atom. The Morgan fingerprint density at radius 2 is 2.16 bits per heavy atom. The van der Waals surface area contributed by atoms with Gasteiger partial charge in [0.15, 0.2) is 6.61 Å². The van der Waals surface area contributed by atoms with Crippen LogP contribution in [0.2, 0.25) is 0 Å². The van der Waals surface area contributed by atoms with E-state index in [-0.39, 0.29) is 12.5 Å². The second-order valence-corrected chi connectivity index (χ2v) is 3.99. The minimum atomic E-state index is -0.163. The molecule has 6 heteroatoms. The van der Waals surface area contributed by atoms with E-state index in [0.29, 0.717) is 24.5 Å². The topological polar surface area (TPSA) is 82.2 Å².